The van der Waals surface area contributed by atoms with Crippen LogP contribution in [0.2, 0.25) is 0 Å². The number of hydrogen-bond donors (Lipinski definition) is 2. The maximum atomic E-state index is 14.5. The summed E-state index contributed by atoms with van der Waals surface area (Å²) in [5, 5.41) is 5.79. The van der Waals surface area contributed by atoms with E-state index in [1.807, 2.05) is 66.7 Å². The molecule has 0 aliphatic carbocycles. The van der Waals surface area contributed by atoms with Crippen LogP contribution in [-0.2, 0) is 14.3 Å². The van der Waals surface area contributed by atoms with Gasteiger partial charge in [-0.3, -0.25) is 9.59 Å². The van der Waals surface area contributed by atoms with Crippen molar-refractivity contribution >= 4 is 23.6 Å². The van der Waals surface area contributed by atoms with E-state index in [0.717, 1.165) is 11.1 Å². The van der Waals surface area contributed by atoms with Gasteiger partial charge in [0.25, 0.3) is 5.91 Å². The molecule has 0 bridgehead atoms. The van der Waals surface area contributed by atoms with Gasteiger partial charge < -0.3 is 25.0 Å². The predicted octanol–water partition coefficient (Wildman–Crippen LogP) is 6.56. The number of carbonyl (C=O) groups is 3. The van der Waals surface area contributed by atoms with Gasteiger partial charge in [0.2, 0.25) is 5.91 Å². The molecular formula is C32H47N3O5. The summed E-state index contributed by atoms with van der Waals surface area (Å²) in [7, 11) is 1.58. The number of benzene rings is 2. The largest absolute Gasteiger partial charge is 0.497 e. The number of nitrogens with zero attached hydrogens (tertiary/aromatic N) is 1. The number of methoxy groups -OCH3 is 1. The molecule has 0 aliphatic rings. The standard InChI is InChI=1S/C32H47N3O5/c1-12-20(2)26(34-30(38)40-32(8,9)10)29(37)35(31(5,6)7)27(23-14-13-21(3)22(4)19-23)28(36)33-24-15-17-25(39-11)18-16-24/h13-20,26-27H,12H2,1-11H3,(H,33,36)(H,34,38). The summed E-state index contributed by atoms with van der Waals surface area (Å²) in [4.78, 5) is 42.9. The van der Waals surface area contributed by atoms with Crippen LogP contribution in [-0.4, -0.2) is 47.1 Å². The van der Waals surface area contributed by atoms with Crippen molar-refractivity contribution in [3.8, 4) is 5.75 Å². The predicted molar refractivity (Wildman–Crippen MR) is 159 cm³/mol. The van der Waals surface area contributed by atoms with E-state index in [9.17, 15) is 14.4 Å². The molecule has 2 aromatic carbocycles. The van der Waals surface area contributed by atoms with Gasteiger partial charge in [0.15, 0.2) is 0 Å². The quantitative estimate of drug-likeness (QED) is 0.367. The Balaban J connectivity index is 2.63. The summed E-state index contributed by atoms with van der Waals surface area (Å²) in [6.07, 6.45) is -0.0401. The molecule has 0 saturated heterocycles. The third kappa shape index (κ3) is 8.73. The molecule has 8 heteroatoms. The van der Waals surface area contributed by atoms with Crippen LogP contribution in [0.4, 0.5) is 10.5 Å². The Kier molecular flexibility index (Phi) is 10.8. The average molecular weight is 554 g/mol. The Morgan fingerprint density at radius 1 is 0.925 bits per heavy atom. The number of anilines is 1. The highest BCUT2D eigenvalue weighted by atomic mass is 16.6. The molecule has 2 N–H and O–H groups in total. The van der Waals surface area contributed by atoms with Crippen LogP contribution >= 0.6 is 0 Å². The van der Waals surface area contributed by atoms with E-state index in [0.29, 0.717) is 23.4 Å². The van der Waals surface area contributed by atoms with Crippen molar-refractivity contribution in [2.75, 3.05) is 12.4 Å². The van der Waals surface area contributed by atoms with Crippen LogP contribution in [0.15, 0.2) is 42.5 Å². The summed E-state index contributed by atoms with van der Waals surface area (Å²) >= 11 is 0. The van der Waals surface area contributed by atoms with Gasteiger partial charge in [0.05, 0.1) is 7.11 Å². The fraction of sp³-hybridized carbons (Fsp3) is 0.531. The highest BCUT2D eigenvalue weighted by Crippen LogP contribution is 2.33. The first-order chi connectivity index (χ1) is 18.5. The van der Waals surface area contributed by atoms with Gasteiger partial charge in [-0.2, -0.15) is 0 Å². The van der Waals surface area contributed by atoms with Gasteiger partial charge >= 0.3 is 6.09 Å². The van der Waals surface area contributed by atoms with Crippen LogP contribution in [0.5, 0.6) is 5.75 Å². The molecule has 0 saturated carbocycles. The van der Waals surface area contributed by atoms with E-state index in [4.69, 9.17) is 9.47 Å². The summed E-state index contributed by atoms with van der Waals surface area (Å²) in [5.41, 5.74) is 1.84. The van der Waals surface area contributed by atoms with Crippen LogP contribution in [0.3, 0.4) is 0 Å². The molecule has 3 amide bonds. The van der Waals surface area contributed by atoms with Crippen molar-refractivity contribution in [1.29, 1.82) is 0 Å². The topological polar surface area (TPSA) is 97.0 Å². The number of rotatable bonds is 9. The first-order valence-electron chi connectivity index (χ1n) is 13.8. The maximum absolute atomic E-state index is 14.5. The summed E-state index contributed by atoms with van der Waals surface area (Å²) in [6.45, 7) is 18.8. The van der Waals surface area contributed by atoms with Gasteiger partial charge in [-0.15, -0.1) is 0 Å². The third-order valence-corrected chi connectivity index (χ3v) is 6.82. The van der Waals surface area contributed by atoms with E-state index < -0.39 is 29.3 Å². The molecule has 0 fully saturated rings. The highest BCUT2D eigenvalue weighted by molar-refractivity contribution is 5.99. The number of ether oxygens (including phenoxy) is 2. The second kappa shape index (κ2) is 13.2. The van der Waals surface area contributed by atoms with E-state index >= 15 is 0 Å². The van der Waals surface area contributed by atoms with Crippen molar-refractivity contribution in [2.45, 2.75) is 98.9 Å². The van der Waals surface area contributed by atoms with Gasteiger partial charge in [0, 0.05) is 11.2 Å². The number of nitrogens with one attached hydrogen (secondary N) is 2. The van der Waals surface area contributed by atoms with Crippen molar-refractivity contribution in [2.24, 2.45) is 5.92 Å². The lowest BCUT2D eigenvalue weighted by Crippen LogP contribution is -2.59. The third-order valence-electron chi connectivity index (χ3n) is 6.82. The zero-order valence-electron chi connectivity index (χ0n) is 26.0. The van der Waals surface area contributed by atoms with E-state index in [2.05, 4.69) is 10.6 Å². The van der Waals surface area contributed by atoms with Crippen molar-refractivity contribution in [3.05, 3.63) is 59.2 Å². The molecule has 220 valence electrons. The molecule has 40 heavy (non-hydrogen) atoms. The van der Waals surface area contributed by atoms with Gasteiger partial charge in [-0.25, -0.2) is 4.79 Å². The fourth-order valence-corrected chi connectivity index (χ4v) is 4.35. The van der Waals surface area contributed by atoms with Crippen molar-refractivity contribution in [1.82, 2.24) is 10.2 Å². The molecule has 2 aromatic rings. The minimum atomic E-state index is -0.971. The molecule has 0 heterocycles. The lowest BCUT2D eigenvalue weighted by molar-refractivity contribution is -0.147. The Bertz CT molecular complexity index is 1180. The monoisotopic (exact) mass is 553 g/mol. The molecule has 3 atom stereocenters. The average Bonchev–Trinajstić information content (AvgIpc) is 2.85. The second-order valence-corrected chi connectivity index (χ2v) is 12.4. The Labute approximate surface area is 239 Å². The molecule has 0 radical (unpaired) electrons. The number of hydrogen-bond acceptors (Lipinski definition) is 5. The Hall–Kier alpha value is -3.55. The molecule has 3 unspecified atom stereocenters. The van der Waals surface area contributed by atoms with Crippen LogP contribution in [0, 0.1) is 19.8 Å². The number of alkyl carbamates (subject to hydrolysis) is 1. The lowest BCUT2D eigenvalue weighted by Gasteiger charge is -2.44. The minimum absolute atomic E-state index is 0.213. The van der Waals surface area contributed by atoms with Crippen LogP contribution < -0.4 is 15.4 Å². The molecule has 0 aliphatic heterocycles. The SMILES string of the molecule is CCC(C)C(NC(=O)OC(C)(C)C)C(=O)N(C(C(=O)Nc1ccc(OC)cc1)c1ccc(C)c(C)c1)C(C)(C)C. The van der Waals surface area contributed by atoms with Gasteiger partial charge in [-0.05, 0) is 102 Å². The number of carbonyl (C=O) groups excluding carboxylic acids is 3. The molecule has 8 nitrogen and oxygen atoms in total. The molecule has 0 aromatic heterocycles. The van der Waals surface area contributed by atoms with Crippen molar-refractivity contribution in [3.63, 3.8) is 0 Å². The minimum Gasteiger partial charge on any atom is -0.497 e. The van der Waals surface area contributed by atoms with E-state index in [-0.39, 0.29) is 17.7 Å². The van der Waals surface area contributed by atoms with Crippen molar-refractivity contribution < 1.29 is 23.9 Å². The van der Waals surface area contributed by atoms with Crippen LogP contribution in [0.25, 0.3) is 0 Å². The first-order valence-corrected chi connectivity index (χ1v) is 13.8. The smallest absolute Gasteiger partial charge is 0.408 e. The normalized spacial score (nSPS) is 14.0. The molecule has 2 rings (SSSR count). The summed E-state index contributed by atoms with van der Waals surface area (Å²) in [5.74, 6) is -0.271. The first kappa shape index (κ1) is 32.7. The summed E-state index contributed by atoms with van der Waals surface area (Å²) < 4.78 is 10.7. The zero-order valence-corrected chi connectivity index (χ0v) is 26.0. The molecule has 0 spiro atoms. The summed E-state index contributed by atoms with van der Waals surface area (Å²) in [6, 6.07) is 10.9. The number of aryl methyl sites for hydroxylation is 2. The fourth-order valence-electron chi connectivity index (χ4n) is 4.35. The van der Waals surface area contributed by atoms with Gasteiger partial charge in [-0.1, -0.05) is 38.5 Å². The zero-order chi connectivity index (χ0) is 30.4. The Morgan fingerprint density at radius 2 is 1.52 bits per heavy atom. The van der Waals surface area contributed by atoms with E-state index in [1.54, 1.807) is 57.0 Å². The number of amides is 3. The van der Waals surface area contributed by atoms with Crippen LogP contribution in [0.1, 0.15) is 84.5 Å². The Morgan fingerprint density at radius 3 is 2.00 bits per heavy atom. The lowest BCUT2D eigenvalue weighted by atomic mass is 9.90. The second-order valence-electron chi connectivity index (χ2n) is 12.4. The van der Waals surface area contributed by atoms with E-state index in [1.165, 1.54) is 0 Å². The maximum Gasteiger partial charge on any atom is 0.408 e. The van der Waals surface area contributed by atoms with Gasteiger partial charge in [0.1, 0.15) is 23.4 Å². The molecular weight excluding hydrogens is 506 g/mol. The highest BCUT2D eigenvalue weighted by Gasteiger charge is 2.43.